The van der Waals surface area contributed by atoms with Crippen molar-refractivity contribution < 1.29 is 13.9 Å². The molecule has 8 rings (SSSR count). The van der Waals surface area contributed by atoms with E-state index in [4.69, 9.17) is 9.72 Å². The van der Waals surface area contributed by atoms with Gasteiger partial charge in [-0.15, -0.1) is 0 Å². The average molecular weight is 660 g/mol. The van der Waals surface area contributed by atoms with Crippen LogP contribution in [0.2, 0.25) is 0 Å². The molecule has 4 aromatic heterocycles. The van der Waals surface area contributed by atoms with E-state index in [9.17, 15) is 9.18 Å². The zero-order valence-corrected chi connectivity index (χ0v) is 27.1. The average Bonchev–Trinajstić information content (AvgIpc) is 3.88. The van der Waals surface area contributed by atoms with Crippen LogP contribution in [0.3, 0.4) is 0 Å². The molecule has 0 aliphatic carbocycles. The lowest BCUT2D eigenvalue weighted by Gasteiger charge is -2.21. The molecule has 2 aliphatic heterocycles. The quantitative estimate of drug-likeness (QED) is 0.137. The van der Waals surface area contributed by atoms with Gasteiger partial charge in [-0.25, -0.2) is 9.37 Å². The van der Waals surface area contributed by atoms with Crippen molar-refractivity contribution in [2.75, 3.05) is 44.6 Å². The summed E-state index contributed by atoms with van der Waals surface area (Å²) in [5.41, 5.74) is 6.45. The minimum absolute atomic E-state index is 0.00449. The lowest BCUT2D eigenvalue weighted by Crippen LogP contribution is -2.30. The van der Waals surface area contributed by atoms with Gasteiger partial charge in [0.25, 0.3) is 0 Å². The number of H-pyrrole nitrogens is 2. The molecule has 0 saturated carbocycles. The molecule has 2 aliphatic rings. The Morgan fingerprint density at radius 2 is 1.88 bits per heavy atom. The van der Waals surface area contributed by atoms with Crippen molar-refractivity contribution in [3.8, 4) is 39.7 Å². The largest absolute Gasteiger partial charge is 0.492 e. The van der Waals surface area contributed by atoms with Gasteiger partial charge >= 0.3 is 0 Å². The number of hydrogen-bond donors (Lipinski definition) is 4. The fraction of sp³-hybridized carbons (Fsp3) is 0.324. The number of pyridine rings is 2. The van der Waals surface area contributed by atoms with Gasteiger partial charge in [0.2, 0.25) is 5.91 Å². The van der Waals surface area contributed by atoms with Crippen LogP contribution in [0.5, 0.6) is 5.75 Å². The number of ether oxygens (including phenoxy) is 1. The summed E-state index contributed by atoms with van der Waals surface area (Å²) in [6, 6.07) is 14.4. The molecular weight excluding hydrogens is 621 g/mol. The highest BCUT2D eigenvalue weighted by atomic mass is 19.1. The second kappa shape index (κ2) is 13.7. The molecule has 12 heteroatoms. The second-order valence-corrected chi connectivity index (χ2v) is 13.0. The maximum Gasteiger partial charge on any atom is 0.224 e. The standard InChI is InChI=1S/C37H38FN9O2/c38-26-15-24(17-28(18-26)49-13-12-47-10-1-2-11-47)29-4-3-5-31-35(29)44-37(43-31)36-30-19-32(41-22-33(30)45-46-36)25-16-27(21-40-20-25)42-34(48)14-23-6-8-39-9-7-23/h3-5,15-23,39H,1-2,6-14H2,(H,42,48)(H,43,44)(H,45,46). The number of likely N-dealkylation sites (tertiary alicyclic amines) is 1. The van der Waals surface area contributed by atoms with Crippen molar-refractivity contribution in [2.24, 2.45) is 5.92 Å². The number of nitrogens with zero attached hydrogens (tertiary/aromatic N) is 5. The van der Waals surface area contributed by atoms with Crippen molar-refractivity contribution in [1.29, 1.82) is 0 Å². The number of imidazole rings is 1. The van der Waals surface area contributed by atoms with Crippen LogP contribution in [-0.2, 0) is 4.79 Å². The first-order chi connectivity index (χ1) is 24.1. The number of rotatable bonds is 10. The predicted octanol–water partition coefficient (Wildman–Crippen LogP) is 6.17. The summed E-state index contributed by atoms with van der Waals surface area (Å²) >= 11 is 0. The number of para-hydroxylation sites is 1. The molecule has 1 amide bonds. The zero-order valence-electron chi connectivity index (χ0n) is 27.1. The maximum atomic E-state index is 14.8. The molecule has 0 atom stereocenters. The summed E-state index contributed by atoms with van der Waals surface area (Å²) in [5, 5.41) is 14.8. The van der Waals surface area contributed by atoms with Gasteiger partial charge in [-0.2, -0.15) is 5.10 Å². The van der Waals surface area contributed by atoms with E-state index < -0.39 is 0 Å². The summed E-state index contributed by atoms with van der Waals surface area (Å²) in [4.78, 5) is 32.5. The molecule has 6 aromatic rings. The monoisotopic (exact) mass is 659 g/mol. The fourth-order valence-electron chi connectivity index (χ4n) is 6.94. The van der Waals surface area contributed by atoms with Crippen LogP contribution in [-0.4, -0.2) is 80.3 Å². The third-order valence-corrected chi connectivity index (χ3v) is 9.49. The number of halogens is 1. The molecular formula is C37H38FN9O2. The predicted molar refractivity (Wildman–Crippen MR) is 188 cm³/mol. The Bertz CT molecular complexity index is 2110. The maximum absolute atomic E-state index is 14.8. The topological polar surface area (TPSA) is 137 Å². The highest BCUT2D eigenvalue weighted by Gasteiger charge is 2.19. The molecule has 49 heavy (non-hydrogen) atoms. The van der Waals surface area contributed by atoms with E-state index in [1.54, 1.807) is 18.6 Å². The van der Waals surface area contributed by atoms with Crippen molar-refractivity contribution in [3.63, 3.8) is 0 Å². The lowest BCUT2D eigenvalue weighted by atomic mass is 9.94. The SMILES string of the molecule is O=C(CC1CCNCC1)Nc1cncc(-c2cc3c(-c4nc5c(-c6cc(F)cc(OCCN7CCCC7)c6)cccc5[nH]4)n[nH]c3cn2)c1. The molecule has 2 saturated heterocycles. The molecule has 11 nitrogen and oxygen atoms in total. The molecule has 250 valence electrons. The van der Waals surface area contributed by atoms with Crippen molar-refractivity contribution in [2.45, 2.75) is 32.1 Å². The van der Waals surface area contributed by atoms with Crippen LogP contribution in [0.1, 0.15) is 32.1 Å². The van der Waals surface area contributed by atoms with Crippen molar-refractivity contribution in [1.82, 2.24) is 40.3 Å². The van der Waals surface area contributed by atoms with Crippen LogP contribution in [0.25, 0.3) is 55.8 Å². The van der Waals surface area contributed by atoms with E-state index in [-0.39, 0.29) is 11.7 Å². The van der Waals surface area contributed by atoms with E-state index in [0.29, 0.717) is 58.7 Å². The number of anilines is 1. The first-order valence-corrected chi connectivity index (χ1v) is 17.0. The van der Waals surface area contributed by atoms with Gasteiger partial charge in [-0.05, 0) is 93.7 Å². The Morgan fingerprint density at radius 1 is 1.00 bits per heavy atom. The van der Waals surface area contributed by atoms with Gasteiger partial charge in [0.1, 0.15) is 23.9 Å². The summed E-state index contributed by atoms with van der Waals surface area (Å²) < 4.78 is 20.8. The van der Waals surface area contributed by atoms with Crippen LogP contribution >= 0.6 is 0 Å². The number of amides is 1. The number of piperidine rings is 1. The number of carbonyl (C=O) groups is 1. The minimum Gasteiger partial charge on any atom is -0.492 e. The zero-order chi connectivity index (χ0) is 33.2. The number of fused-ring (bicyclic) bond motifs is 2. The van der Waals surface area contributed by atoms with Crippen LogP contribution in [0, 0.1) is 11.7 Å². The van der Waals surface area contributed by atoms with Gasteiger partial charge in [0.05, 0.1) is 40.3 Å². The lowest BCUT2D eigenvalue weighted by molar-refractivity contribution is -0.117. The van der Waals surface area contributed by atoms with E-state index >= 15 is 0 Å². The highest BCUT2D eigenvalue weighted by molar-refractivity contribution is 5.98. The number of aromatic nitrogens is 6. The van der Waals surface area contributed by atoms with Gasteiger partial charge in [-0.3, -0.25) is 24.8 Å². The van der Waals surface area contributed by atoms with Crippen molar-refractivity contribution >= 4 is 33.5 Å². The molecule has 0 radical (unpaired) electrons. The number of hydrogen-bond acceptors (Lipinski definition) is 8. The molecule has 0 unspecified atom stereocenters. The van der Waals surface area contributed by atoms with E-state index in [0.717, 1.165) is 73.1 Å². The van der Waals surface area contributed by atoms with E-state index in [2.05, 4.69) is 40.7 Å². The van der Waals surface area contributed by atoms with Gasteiger partial charge in [0, 0.05) is 41.7 Å². The molecule has 6 heterocycles. The molecule has 0 bridgehead atoms. The molecule has 2 aromatic carbocycles. The Kier molecular flexibility index (Phi) is 8.71. The summed E-state index contributed by atoms with van der Waals surface area (Å²) in [5.74, 6) is 1.10. The minimum atomic E-state index is -0.361. The second-order valence-electron chi connectivity index (χ2n) is 13.0. The number of aromatic amines is 2. The Labute approximate surface area is 282 Å². The normalized spacial score (nSPS) is 15.7. The first kappa shape index (κ1) is 31.1. The van der Waals surface area contributed by atoms with Gasteiger partial charge in [0.15, 0.2) is 5.82 Å². The number of nitrogens with one attached hydrogen (secondary N) is 4. The summed E-state index contributed by atoms with van der Waals surface area (Å²) in [6.45, 7) is 5.43. The first-order valence-electron chi connectivity index (χ1n) is 17.0. The third-order valence-electron chi connectivity index (χ3n) is 9.49. The van der Waals surface area contributed by atoms with Crippen LogP contribution in [0.15, 0.2) is 67.1 Å². The number of carbonyl (C=O) groups excluding carboxylic acids is 1. The highest BCUT2D eigenvalue weighted by Crippen LogP contribution is 2.34. The molecule has 2 fully saturated rings. The van der Waals surface area contributed by atoms with Crippen LogP contribution in [0.4, 0.5) is 10.1 Å². The van der Waals surface area contributed by atoms with Gasteiger partial charge < -0.3 is 20.4 Å². The van der Waals surface area contributed by atoms with Crippen LogP contribution < -0.4 is 15.4 Å². The third kappa shape index (κ3) is 6.87. The summed E-state index contributed by atoms with van der Waals surface area (Å²) in [7, 11) is 0. The fourth-order valence-corrected chi connectivity index (χ4v) is 6.94. The molecule has 0 spiro atoms. The van der Waals surface area contributed by atoms with E-state index in [1.807, 2.05) is 36.4 Å². The van der Waals surface area contributed by atoms with Gasteiger partial charge in [-0.1, -0.05) is 12.1 Å². The number of benzene rings is 2. The van der Waals surface area contributed by atoms with Crippen molar-refractivity contribution in [3.05, 3.63) is 72.9 Å². The Morgan fingerprint density at radius 3 is 2.76 bits per heavy atom. The summed E-state index contributed by atoms with van der Waals surface area (Å²) in [6.07, 6.45) is 10.1. The Hall–Kier alpha value is -5.20. The van der Waals surface area contributed by atoms with E-state index in [1.165, 1.54) is 25.0 Å². The Balaban J connectivity index is 1.05. The molecule has 4 N–H and O–H groups in total. The smallest absolute Gasteiger partial charge is 0.224 e.